The maximum absolute atomic E-state index is 13.6. The van der Waals surface area contributed by atoms with Crippen LogP contribution in [0.25, 0.3) is 11.3 Å². The van der Waals surface area contributed by atoms with Gasteiger partial charge in [0.15, 0.2) is 5.82 Å². The van der Waals surface area contributed by atoms with Crippen LogP contribution in [-0.2, 0) is 17.4 Å². The third kappa shape index (κ3) is 5.43. The van der Waals surface area contributed by atoms with Crippen molar-refractivity contribution in [1.82, 2.24) is 14.6 Å². The summed E-state index contributed by atoms with van der Waals surface area (Å²) in [6.45, 7) is 4.89. The summed E-state index contributed by atoms with van der Waals surface area (Å²) in [5, 5.41) is 0. The Hall–Kier alpha value is -2.03. The van der Waals surface area contributed by atoms with Crippen LogP contribution in [0, 0.1) is 18.8 Å². The molecule has 204 valence electrons. The second-order valence-electron chi connectivity index (χ2n) is 10.2. The molecule has 1 atom stereocenters. The van der Waals surface area contributed by atoms with Crippen molar-refractivity contribution in [2.45, 2.75) is 38.7 Å². The van der Waals surface area contributed by atoms with E-state index in [1.54, 1.807) is 12.1 Å². The number of nitrogens with zero attached hydrogens (tertiary/aromatic N) is 4. The van der Waals surface area contributed by atoms with Crippen LogP contribution < -0.4 is 13.3 Å². The number of fused-ring (bicyclic) bond motifs is 1. The molecule has 0 bridgehead atoms. The second kappa shape index (κ2) is 9.93. The first-order valence-corrected chi connectivity index (χ1v) is 15.0. The standard InChI is InChI=1S/C24H33F2N5O4S2/c1-16-3-4-18(14-30-9-7-17(8-10-30)13-27-36(32)33)11-20(16)21-5-6-22-23(28-21)29(2)37(34,35)31(22)15-19-12-24(19,25)26/h3-6,11,17,19,34-36H,7-10,12-15H2,1-2H3,(H,27,32,33). The summed E-state index contributed by atoms with van der Waals surface area (Å²) in [5.41, 5.74) is 4.19. The molecule has 9 nitrogen and oxygen atoms in total. The van der Waals surface area contributed by atoms with Crippen LogP contribution in [0.15, 0.2) is 30.3 Å². The van der Waals surface area contributed by atoms with Gasteiger partial charge in [0.2, 0.25) is 10.9 Å². The molecule has 1 saturated heterocycles. The number of piperidine rings is 1. The molecule has 2 aromatic rings. The fourth-order valence-electron chi connectivity index (χ4n) is 5.13. The Balaban J connectivity index is 1.32. The molecule has 1 aromatic carbocycles. The minimum absolute atomic E-state index is 0.135. The number of halogens is 2. The van der Waals surface area contributed by atoms with Crippen molar-refractivity contribution < 1.29 is 26.3 Å². The lowest BCUT2D eigenvalue weighted by Crippen LogP contribution is -2.36. The molecule has 5 rings (SSSR count). The van der Waals surface area contributed by atoms with Crippen molar-refractivity contribution in [2.24, 2.45) is 11.8 Å². The van der Waals surface area contributed by atoms with E-state index in [9.17, 15) is 26.3 Å². The molecule has 1 aliphatic carbocycles. The first kappa shape index (κ1) is 26.6. The quantitative estimate of drug-likeness (QED) is 0.362. The highest BCUT2D eigenvalue weighted by Gasteiger charge is 2.59. The first-order chi connectivity index (χ1) is 17.5. The molecule has 13 heteroatoms. The van der Waals surface area contributed by atoms with Crippen molar-refractivity contribution >= 4 is 33.4 Å². The maximum atomic E-state index is 13.6. The number of aryl methyl sites for hydroxylation is 1. The van der Waals surface area contributed by atoms with E-state index in [-0.39, 0.29) is 13.0 Å². The van der Waals surface area contributed by atoms with Gasteiger partial charge in [-0.1, -0.05) is 12.1 Å². The Morgan fingerprint density at radius 3 is 2.54 bits per heavy atom. The Kier molecular flexibility index (Phi) is 7.13. The predicted molar refractivity (Wildman–Crippen MR) is 142 cm³/mol. The monoisotopic (exact) mass is 557 g/mol. The lowest BCUT2D eigenvalue weighted by atomic mass is 9.96. The first-order valence-electron chi connectivity index (χ1n) is 12.3. The van der Waals surface area contributed by atoms with Gasteiger partial charge < -0.3 is 0 Å². The van der Waals surface area contributed by atoms with Crippen LogP contribution in [0.5, 0.6) is 0 Å². The van der Waals surface area contributed by atoms with Crippen molar-refractivity contribution in [3.8, 4) is 11.3 Å². The van der Waals surface area contributed by atoms with Gasteiger partial charge in [0, 0.05) is 44.6 Å². The van der Waals surface area contributed by atoms with Gasteiger partial charge in [0.25, 0.3) is 5.92 Å². The summed E-state index contributed by atoms with van der Waals surface area (Å²) in [4.78, 5) is 7.09. The molecule has 1 saturated carbocycles. The van der Waals surface area contributed by atoms with Gasteiger partial charge >= 0.3 is 0 Å². The van der Waals surface area contributed by atoms with Gasteiger partial charge in [-0.05, 0) is 79.1 Å². The van der Waals surface area contributed by atoms with Crippen LogP contribution in [-0.4, -0.2) is 66.6 Å². The Morgan fingerprint density at radius 1 is 1.19 bits per heavy atom. The summed E-state index contributed by atoms with van der Waals surface area (Å²) in [6.07, 6.45) is 1.62. The number of nitrogens with one attached hydrogen (secondary N) is 1. The lowest BCUT2D eigenvalue weighted by Gasteiger charge is -2.41. The van der Waals surface area contributed by atoms with Gasteiger partial charge in [-0.3, -0.25) is 14.0 Å². The van der Waals surface area contributed by atoms with Crippen LogP contribution in [0.4, 0.5) is 20.3 Å². The molecule has 2 aliphatic heterocycles. The van der Waals surface area contributed by atoms with E-state index in [0.29, 0.717) is 29.7 Å². The van der Waals surface area contributed by atoms with Crippen LogP contribution in [0.3, 0.4) is 0 Å². The van der Waals surface area contributed by atoms with E-state index < -0.39 is 33.7 Å². The number of likely N-dealkylation sites (tertiary alicyclic amines) is 1. The minimum atomic E-state index is -3.45. The smallest absolute Gasteiger partial charge is 0.253 e. The highest BCUT2D eigenvalue weighted by molar-refractivity contribution is 8.26. The highest BCUT2D eigenvalue weighted by atomic mass is 32.3. The zero-order chi connectivity index (χ0) is 26.5. The third-order valence-corrected chi connectivity index (χ3v) is 9.91. The minimum Gasteiger partial charge on any atom is -0.299 e. The number of hydrogen-bond acceptors (Lipinski definition) is 8. The van der Waals surface area contributed by atoms with E-state index in [1.807, 2.05) is 13.0 Å². The summed E-state index contributed by atoms with van der Waals surface area (Å²) < 4.78 is 75.3. The van der Waals surface area contributed by atoms with Crippen LogP contribution in [0.2, 0.25) is 0 Å². The SMILES string of the molecule is Cc1ccc(CN2CCC(CN[SH](=O)=O)CC2)cc1-c1ccc2c(n1)N(C)S(O)(O)N2CC1CC1(F)F. The summed E-state index contributed by atoms with van der Waals surface area (Å²) in [5.74, 6) is -2.94. The number of alkyl halides is 2. The second-order valence-corrected chi connectivity index (χ2v) is 13.0. The lowest BCUT2D eigenvalue weighted by molar-refractivity contribution is 0.101. The third-order valence-electron chi connectivity index (χ3n) is 7.63. The number of thiol groups is 1. The summed E-state index contributed by atoms with van der Waals surface area (Å²) >= 11 is 0. The number of rotatable bonds is 8. The molecular formula is C24H33F2N5O4S2. The molecule has 1 aromatic heterocycles. The average molecular weight is 558 g/mol. The number of hydrogen-bond donors (Lipinski definition) is 4. The van der Waals surface area contributed by atoms with E-state index in [0.717, 1.165) is 49.2 Å². The molecule has 3 N–H and O–H groups in total. The molecule has 2 fully saturated rings. The largest absolute Gasteiger partial charge is 0.299 e. The Bertz CT molecular complexity index is 1250. The molecule has 1 unspecified atom stereocenters. The Labute approximate surface area is 219 Å². The Morgan fingerprint density at radius 2 is 1.89 bits per heavy atom. The van der Waals surface area contributed by atoms with E-state index in [2.05, 4.69) is 21.8 Å². The number of benzene rings is 1. The zero-order valence-corrected chi connectivity index (χ0v) is 22.5. The normalized spacial score (nSPS) is 23.9. The number of pyridine rings is 1. The molecule has 0 radical (unpaired) electrons. The van der Waals surface area contributed by atoms with Crippen molar-refractivity contribution in [2.75, 3.05) is 41.8 Å². The predicted octanol–water partition coefficient (Wildman–Crippen LogP) is 3.88. The molecule has 37 heavy (non-hydrogen) atoms. The van der Waals surface area contributed by atoms with Gasteiger partial charge in [-0.25, -0.2) is 35.5 Å². The zero-order valence-electron chi connectivity index (χ0n) is 20.8. The van der Waals surface area contributed by atoms with Crippen LogP contribution in [0.1, 0.15) is 30.4 Å². The highest BCUT2D eigenvalue weighted by Crippen LogP contribution is 2.62. The van der Waals surface area contributed by atoms with Crippen molar-refractivity contribution in [3.63, 3.8) is 0 Å². The summed E-state index contributed by atoms with van der Waals surface area (Å²) in [6, 6.07) is 9.75. The fourth-order valence-corrected chi connectivity index (χ4v) is 6.99. The van der Waals surface area contributed by atoms with Gasteiger partial charge in [0.05, 0.1) is 5.69 Å². The molecule has 3 aliphatic rings. The number of anilines is 2. The van der Waals surface area contributed by atoms with Gasteiger partial charge in [-0.15, -0.1) is 0 Å². The van der Waals surface area contributed by atoms with E-state index >= 15 is 0 Å². The molecule has 0 spiro atoms. The van der Waals surface area contributed by atoms with Crippen molar-refractivity contribution in [1.29, 1.82) is 0 Å². The van der Waals surface area contributed by atoms with Gasteiger partial charge in [-0.2, -0.15) is 0 Å². The van der Waals surface area contributed by atoms with Crippen molar-refractivity contribution in [3.05, 3.63) is 41.5 Å². The molecular weight excluding hydrogens is 524 g/mol. The maximum Gasteiger partial charge on any atom is 0.253 e. The molecule has 0 amide bonds. The fraction of sp³-hybridized carbons (Fsp3) is 0.542. The van der Waals surface area contributed by atoms with Crippen LogP contribution >= 0.6 is 11.0 Å². The topological polar surface area (TPSA) is 109 Å². The average Bonchev–Trinajstić information content (AvgIpc) is 3.42. The van der Waals surface area contributed by atoms with E-state index in [4.69, 9.17) is 4.98 Å². The number of aromatic nitrogens is 1. The molecule has 3 heterocycles. The summed E-state index contributed by atoms with van der Waals surface area (Å²) in [7, 11) is -4.49. The van der Waals surface area contributed by atoms with E-state index in [1.165, 1.54) is 15.7 Å². The van der Waals surface area contributed by atoms with Gasteiger partial charge in [0.1, 0.15) is 5.69 Å².